The van der Waals surface area contributed by atoms with Crippen molar-refractivity contribution in [1.29, 1.82) is 0 Å². The van der Waals surface area contributed by atoms with Crippen LogP contribution in [0.4, 0.5) is 0 Å². The van der Waals surface area contributed by atoms with Crippen LogP contribution in [-0.4, -0.2) is 15.8 Å². The predicted molar refractivity (Wildman–Crippen MR) is 112 cm³/mol. The molecule has 4 rings (SSSR count). The average molecular weight is 380 g/mol. The van der Waals surface area contributed by atoms with Gasteiger partial charge >= 0.3 is 0 Å². The third-order valence-electron chi connectivity index (χ3n) is 4.57. The predicted octanol–water partition coefficient (Wildman–Crippen LogP) is 5.83. The monoisotopic (exact) mass is 379 g/mol. The van der Waals surface area contributed by atoms with E-state index in [1.165, 1.54) is 0 Å². The van der Waals surface area contributed by atoms with E-state index in [0.29, 0.717) is 0 Å². The van der Waals surface area contributed by atoms with E-state index < -0.39 is 6.10 Å². The quantitative estimate of drug-likeness (QED) is 0.473. The molecular weight excluding hydrogens is 358 g/mol. The smallest absolute Gasteiger partial charge is 0.129 e. The highest BCUT2D eigenvalue weighted by atomic mass is 35.5. The highest BCUT2D eigenvalue weighted by Gasteiger charge is 2.20. The Kier molecular flexibility index (Phi) is 5.84. The molecule has 3 aromatic carbocycles. The molecule has 0 amide bonds. The molecular formula is C23H22ClNO2. The van der Waals surface area contributed by atoms with Crippen molar-refractivity contribution in [1.82, 2.24) is 4.57 Å². The second-order valence-electron chi connectivity index (χ2n) is 6.45. The molecule has 4 heteroatoms. The first-order valence-electron chi connectivity index (χ1n) is 8.79. The summed E-state index contributed by atoms with van der Waals surface area (Å²) in [6.07, 6.45) is 1.51. The van der Waals surface area contributed by atoms with E-state index in [0.717, 1.165) is 28.0 Å². The van der Waals surface area contributed by atoms with E-state index in [9.17, 15) is 5.11 Å². The van der Waals surface area contributed by atoms with E-state index in [4.69, 9.17) is 4.74 Å². The van der Waals surface area contributed by atoms with Crippen LogP contribution in [0.1, 0.15) is 18.5 Å². The maximum Gasteiger partial charge on any atom is 0.129 e. The molecule has 138 valence electrons. The molecule has 2 atom stereocenters. The number of benzene rings is 3. The Labute approximate surface area is 165 Å². The molecule has 0 bridgehead atoms. The fourth-order valence-corrected chi connectivity index (χ4v) is 3.38. The Morgan fingerprint density at radius 1 is 0.815 bits per heavy atom. The van der Waals surface area contributed by atoms with Gasteiger partial charge in [-0.15, -0.1) is 12.4 Å². The van der Waals surface area contributed by atoms with Crippen molar-refractivity contribution in [3.05, 3.63) is 96.7 Å². The third-order valence-corrected chi connectivity index (χ3v) is 4.57. The van der Waals surface area contributed by atoms with Gasteiger partial charge in [0, 0.05) is 12.3 Å². The van der Waals surface area contributed by atoms with Gasteiger partial charge < -0.3 is 14.4 Å². The minimum absolute atomic E-state index is 0. The Hall–Kier alpha value is -2.75. The van der Waals surface area contributed by atoms with Gasteiger partial charge in [-0.2, -0.15) is 0 Å². The summed E-state index contributed by atoms with van der Waals surface area (Å²) in [5.74, 6) is 1.58. The molecule has 0 saturated carbocycles. The number of halogens is 1. The Bertz CT molecular complexity index is 997. The fraction of sp³-hybridized carbons (Fsp3) is 0.130. The maximum absolute atomic E-state index is 10.4. The highest BCUT2D eigenvalue weighted by Crippen LogP contribution is 2.31. The van der Waals surface area contributed by atoms with Gasteiger partial charge in [0.25, 0.3) is 0 Å². The molecule has 0 spiro atoms. The molecule has 1 heterocycles. The van der Waals surface area contributed by atoms with Crippen molar-refractivity contribution in [2.75, 3.05) is 0 Å². The molecule has 0 radical (unpaired) electrons. The lowest BCUT2D eigenvalue weighted by molar-refractivity contribution is 0.150. The van der Waals surface area contributed by atoms with Crippen LogP contribution in [0.3, 0.4) is 0 Å². The minimum Gasteiger partial charge on any atom is -0.457 e. The summed E-state index contributed by atoms with van der Waals surface area (Å²) in [5, 5.41) is 11.6. The SMILES string of the molecule is CC(O)C(c1ccccc1)n1ccc2ccc(Oc3ccccc3)cc21.Cl. The number of hydrogen-bond acceptors (Lipinski definition) is 2. The van der Waals surface area contributed by atoms with Gasteiger partial charge in [-0.05, 0) is 48.2 Å². The number of aliphatic hydroxyl groups is 1. The van der Waals surface area contributed by atoms with Crippen molar-refractivity contribution < 1.29 is 9.84 Å². The number of para-hydroxylation sites is 1. The van der Waals surface area contributed by atoms with Crippen LogP contribution >= 0.6 is 12.4 Å². The van der Waals surface area contributed by atoms with Crippen LogP contribution in [0.5, 0.6) is 11.5 Å². The summed E-state index contributed by atoms with van der Waals surface area (Å²) in [7, 11) is 0. The van der Waals surface area contributed by atoms with E-state index in [2.05, 4.69) is 10.6 Å². The van der Waals surface area contributed by atoms with Crippen molar-refractivity contribution in [2.45, 2.75) is 19.1 Å². The van der Waals surface area contributed by atoms with Crippen LogP contribution in [0.25, 0.3) is 10.9 Å². The van der Waals surface area contributed by atoms with Crippen LogP contribution in [0, 0.1) is 0 Å². The molecule has 0 aliphatic heterocycles. The number of aliphatic hydroxyl groups excluding tert-OH is 1. The zero-order valence-electron chi connectivity index (χ0n) is 15.0. The molecule has 0 aliphatic carbocycles. The third kappa shape index (κ3) is 4.00. The lowest BCUT2D eigenvalue weighted by atomic mass is 10.0. The summed E-state index contributed by atoms with van der Waals surface area (Å²) < 4.78 is 8.10. The van der Waals surface area contributed by atoms with Crippen LogP contribution < -0.4 is 4.74 Å². The summed E-state index contributed by atoms with van der Waals surface area (Å²) in [6, 6.07) is 27.8. The fourth-order valence-electron chi connectivity index (χ4n) is 3.38. The summed E-state index contributed by atoms with van der Waals surface area (Å²) >= 11 is 0. The van der Waals surface area contributed by atoms with Crippen molar-refractivity contribution >= 4 is 23.3 Å². The van der Waals surface area contributed by atoms with Gasteiger partial charge in [-0.25, -0.2) is 0 Å². The highest BCUT2D eigenvalue weighted by molar-refractivity contribution is 5.85. The number of ether oxygens (including phenoxy) is 1. The van der Waals surface area contributed by atoms with Crippen LogP contribution in [-0.2, 0) is 0 Å². The largest absolute Gasteiger partial charge is 0.457 e. The van der Waals surface area contributed by atoms with E-state index >= 15 is 0 Å². The number of nitrogens with zero attached hydrogens (tertiary/aromatic N) is 1. The van der Waals surface area contributed by atoms with Crippen LogP contribution in [0.2, 0.25) is 0 Å². The number of fused-ring (bicyclic) bond motifs is 1. The van der Waals surface area contributed by atoms with Gasteiger partial charge in [-0.1, -0.05) is 48.5 Å². The van der Waals surface area contributed by atoms with Crippen LogP contribution in [0.15, 0.2) is 91.1 Å². The topological polar surface area (TPSA) is 34.4 Å². The molecule has 0 fully saturated rings. The normalized spacial score (nSPS) is 13.0. The lowest BCUT2D eigenvalue weighted by Gasteiger charge is -2.23. The molecule has 3 nitrogen and oxygen atoms in total. The van der Waals surface area contributed by atoms with E-state index in [-0.39, 0.29) is 18.4 Å². The second kappa shape index (κ2) is 8.30. The molecule has 2 unspecified atom stereocenters. The lowest BCUT2D eigenvalue weighted by Crippen LogP contribution is -2.21. The van der Waals surface area contributed by atoms with Gasteiger partial charge in [0.15, 0.2) is 0 Å². The molecule has 1 aromatic heterocycles. The first-order chi connectivity index (χ1) is 12.7. The van der Waals surface area contributed by atoms with Gasteiger partial charge in [0.2, 0.25) is 0 Å². The van der Waals surface area contributed by atoms with Crippen molar-refractivity contribution in [3.8, 4) is 11.5 Å². The zero-order valence-corrected chi connectivity index (χ0v) is 15.8. The Balaban J connectivity index is 0.00000210. The number of hydrogen-bond donors (Lipinski definition) is 1. The van der Waals surface area contributed by atoms with Crippen molar-refractivity contribution in [3.63, 3.8) is 0 Å². The van der Waals surface area contributed by atoms with Gasteiger partial charge in [0.05, 0.1) is 17.7 Å². The minimum atomic E-state index is -0.522. The molecule has 0 saturated heterocycles. The van der Waals surface area contributed by atoms with Gasteiger partial charge in [-0.3, -0.25) is 0 Å². The molecule has 1 N–H and O–H groups in total. The van der Waals surface area contributed by atoms with E-state index in [1.54, 1.807) is 0 Å². The Morgan fingerprint density at radius 2 is 1.48 bits per heavy atom. The van der Waals surface area contributed by atoms with E-state index in [1.807, 2.05) is 92.0 Å². The number of rotatable bonds is 5. The molecule has 27 heavy (non-hydrogen) atoms. The zero-order chi connectivity index (χ0) is 17.9. The number of aromatic nitrogens is 1. The first-order valence-corrected chi connectivity index (χ1v) is 8.79. The van der Waals surface area contributed by atoms with Crippen molar-refractivity contribution in [2.24, 2.45) is 0 Å². The summed E-state index contributed by atoms with van der Waals surface area (Å²) in [5.41, 5.74) is 2.11. The standard InChI is InChI=1S/C23H21NO2.ClH/c1-17(25)23(19-8-4-2-5-9-19)24-15-14-18-12-13-21(16-22(18)24)26-20-10-6-3-7-11-20;/h2-17,23,25H,1H3;1H. The molecule has 4 aromatic rings. The summed E-state index contributed by atoms with van der Waals surface area (Å²) in [4.78, 5) is 0. The molecule has 0 aliphatic rings. The Morgan fingerprint density at radius 3 is 2.15 bits per heavy atom. The average Bonchev–Trinajstić information content (AvgIpc) is 3.06. The maximum atomic E-state index is 10.4. The first kappa shape index (κ1) is 19.0. The summed E-state index contributed by atoms with van der Waals surface area (Å²) in [6.45, 7) is 1.83. The van der Waals surface area contributed by atoms with Gasteiger partial charge in [0.1, 0.15) is 11.5 Å². The second-order valence-corrected chi connectivity index (χ2v) is 6.45.